The van der Waals surface area contributed by atoms with Crippen LogP contribution in [0.1, 0.15) is 23.0 Å². The summed E-state index contributed by atoms with van der Waals surface area (Å²) in [6.45, 7) is 6.67. The summed E-state index contributed by atoms with van der Waals surface area (Å²) in [6.07, 6.45) is 0. The lowest BCUT2D eigenvalue weighted by Gasteiger charge is -2.36. The van der Waals surface area contributed by atoms with Crippen LogP contribution in [0.3, 0.4) is 0 Å². The minimum absolute atomic E-state index is 0.00306. The van der Waals surface area contributed by atoms with E-state index in [1.54, 1.807) is 47.7 Å². The standard InChI is InChI=1S/C21H26N6O3/c1-5-27-20(29)18-17(14(2)23-24(18)3)22-21(27)26-12-10-25(11-13-26)19(28)15-6-8-16(30-4)9-7-15/h6-9H,5,10-13H2,1-4H3. The highest BCUT2D eigenvalue weighted by atomic mass is 16.5. The zero-order chi connectivity index (χ0) is 21.4. The van der Waals surface area contributed by atoms with E-state index in [-0.39, 0.29) is 11.5 Å². The number of carbonyl (C=O) groups excluding carboxylic acids is 1. The van der Waals surface area contributed by atoms with E-state index >= 15 is 0 Å². The van der Waals surface area contributed by atoms with Crippen molar-refractivity contribution in [2.45, 2.75) is 20.4 Å². The Kier molecular flexibility index (Phi) is 5.19. The summed E-state index contributed by atoms with van der Waals surface area (Å²) < 4.78 is 8.44. The zero-order valence-electron chi connectivity index (χ0n) is 17.8. The first kappa shape index (κ1) is 19.9. The van der Waals surface area contributed by atoms with E-state index in [0.717, 1.165) is 11.4 Å². The van der Waals surface area contributed by atoms with Gasteiger partial charge in [-0.1, -0.05) is 0 Å². The number of methoxy groups -OCH3 is 1. The van der Waals surface area contributed by atoms with Gasteiger partial charge in [-0.2, -0.15) is 5.10 Å². The van der Waals surface area contributed by atoms with Crippen molar-refractivity contribution in [2.24, 2.45) is 7.05 Å². The molecule has 9 nitrogen and oxygen atoms in total. The largest absolute Gasteiger partial charge is 0.497 e. The fraction of sp³-hybridized carbons (Fsp3) is 0.429. The average molecular weight is 410 g/mol. The minimum Gasteiger partial charge on any atom is -0.497 e. The molecular weight excluding hydrogens is 384 g/mol. The number of amides is 1. The molecule has 1 amide bonds. The van der Waals surface area contributed by atoms with Crippen molar-refractivity contribution in [3.63, 3.8) is 0 Å². The van der Waals surface area contributed by atoms with Crippen LogP contribution < -0.4 is 15.2 Å². The third-order valence-electron chi connectivity index (χ3n) is 5.59. The first-order valence-electron chi connectivity index (χ1n) is 10.1. The fourth-order valence-electron chi connectivity index (χ4n) is 3.95. The van der Waals surface area contributed by atoms with Crippen LogP contribution in [0.25, 0.3) is 11.0 Å². The van der Waals surface area contributed by atoms with Gasteiger partial charge in [-0.15, -0.1) is 0 Å². The van der Waals surface area contributed by atoms with Gasteiger partial charge in [0.05, 0.1) is 12.8 Å². The van der Waals surface area contributed by atoms with Crippen molar-refractivity contribution in [1.82, 2.24) is 24.2 Å². The highest BCUT2D eigenvalue weighted by molar-refractivity contribution is 5.94. The van der Waals surface area contributed by atoms with Crippen molar-refractivity contribution in [3.05, 3.63) is 45.9 Å². The normalized spacial score (nSPS) is 14.4. The van der Waals surface area contributed by atoms with E-state index in [4.69, 9.17) is 9.72 Å². The predicted octanol–water partition coefficient (Wildman–Crippen LogP) is 1.43. The molecule has 1 saturated heterocycles. The van der Waals surface area contributed by atoms with Gasteiger partial charge in [0.15, 0.2) is 5.52 Å². The molecule has 0 radical (unpaired) electrons. The molecular formula is C21H26N6O3. The Labute approximate surface area is 174 Å². The lowest BCUT2D eigenvalue weighted by Crippen LogP contribution is -2.50. The number of fused-ring (bicyclic) bond motifs is 1. The summed E-state index contributed by atoms with van der Waals surface area (Å²) in [4.78, 5) is 34.6. The second kappa shape index (κ2) is 7.81. The third kappa shape index (κ3) is 3.30. The topological polar surface area (TPSA) is 85.5 Å². The van der Waals surface area contributed by atoms with Gasteiger partial charge in [-0.25, -0.2) is 4.98 Å². The van der Waals surface area contributed by atoms with Crippen LogP contribution in [-0.2, 0) is 13.6 Å². The SMILES string of the molecule is CCn1c(N2CCN(C(=O)c3ccc(OC)cc3)CC2)nc2c(C)nn(C)c2c1=O. The molecule has 9 heteroatoms. The smallest absolute Gasteiger partial charge is 0.281 e. The Balaban J connectivity index is 1.56. The lowest BCUT2D eigenvalue weighted by molar-refractivity contribution is 0.0746. The van der Waals surface area contributed by atoms with Gasteiger partial charge in [-0.05, 0) is 38.1 Å². The number of nitrogens with zero attached hydrogens (tertiary/aromatic N) is 6. The molecule has 0 spiro atoms. The molecule has 3 heterocycles. The number of rotatable bonds is 4. The maximum Gasteiger partial charge on any atom is 0.281 e. The highest BCUT2D eigenvalue weighted by Gasteiger charge is 2.26. The number of carbonyl (C=O) groups is 1. The van der Waals surface area contributed by atoms with Crippen molar-refractivity contribution >= 4 is 22.9 Å². The van der Waals surface area contributed by atoms with Crippen molar-refractivity contribution in [2.75, 3.05) is 38.2 Å². The minimum atomic E-state index is -0.0858. The Morgan fingerprint density at radius 3 is 2.40 bits per heavy atom. The number of hydrogen-bond donors (Lipinski definition) is 0. The Bertz CT molecular complexity index is 1140. The Hall–Kier alpha value is -3.36. The molecule has 0 unspecified atom stereocenters. The maximum atomic E-state index is 13.0. The number of ether oxygens (including phenoxy) is 1. The van der Waals surface area contributed by atoms with E-state index in [1.807, 2.05) is 18.7 Å². The van der Waals surface area contributed by atoms with Gasteiger partial charge in [-0.3, -0.25) is 18.8 Å². The molecule has 0 N–H and O–H groups in total. The van der Waals surface area contributed by atoms with Gasteiger partial charge < -0.3 is 14.5 Å². The molecule has 1 aromatic carbocycles. The van der Waals surface area contributed by atoms with Gasteiger partial charge in [0, 0.05) is 45.3 Å². The summed E-state index contributed by atoms with van der Waals surface area (Å²) in [5.41, 5.74) is 2.45. The Morgan fingerprint density at radius 2 is 1.80 bits per heavy atom. The number of hydrogen-bond acceptors (Lipinski definition) is 6. The summed E-state index contributed by atoms with van der Waals surface area (Å²) in [7, 11) is 3.37. The van der Waals surface area contributed by atoms with E-state index in [1.165, 1.54) is 0 Å². The zero-order valence-corrected chi connectivity index (χ0v) is 17.8. The molecule has 1 aliphatic rings. The molecule has 4 rings (SSSR count). The van der Waals surface area contributed by atoms with E-state index in [2.05, 4.69) is 10.00 Å². The number of benzene rings is 1. The molecule has 158 valence electrons. The first-order chi connectivity index (χ1) is 14.4. The number of piperazine rings is 1. The van der Waals surface area contributed by atoms with Crippen molar-refractivity contribution in [1.29, 1.82) is 0 Å². The highest BCUT2D eigenvalue weighted by Crippen LogP contribution is 2.20. The number of anilines is 1. The molecule has 3 aromatic rings. The molecule has 0 atom stereocenters. The van der Waals surface area contributed by atoms with Crippen LogP contribution in [0.5, 0.6) is 5.75 Å². The summed E-state index contributed by atoms with van der Waals surface area (Å²) in [5, 5.41) is 4.35. The van der Waals surface area contributed by atoms with Crippen LogP contribution >= 0.6 is 0 Å². The van der Waals surface area contributed by atoms with Gasteiger partial charge in [0.25, 0.3) is 11.5 Å². The van der Waals surface area contributed by atoms with Crippen LogP contribution in [0, 0.1) is 6.92 Å². The molecule has 1 aliphatic heterocycles. The summed E-state index contributed by atoms with van der Waals surface area (Å²) in [6, 6.07) is 7.14. The Morgan fingerprint density at radius 1 is 1.13 bits per heavy atom. The molecule has 0 bridgehead atoms. The van der Waals surface area contributed by atoms with Crippen molar-refractivity contribution < 1.29 is 9.53 Å². The van der Waals surface area contributed by atoms with E-state index < -0.39 is 0 Å². The predicted molar refractivity (Wildman–Crippen MR) is 114 cm³/mol. The van der Waals surface area contributed by atoms with Crippen LogP contribution in [-0.4, -0.2) is 63.4 Å². The van der Waals surface area contributed by atoms with Gasteiger partial charge >= 0.3 is 0 Å². The third-order valence-corrected chi connectivity index (χ3v) is 5.59. The first-order valence-corrected chi connectivity index (χ1v) is 10.1. The van der Waals surface area contributed by atoms with Crippen molar-refractivity contribution in [3.8, 4) is 5.75 Å². The average Bonchev–Trinajstić information content (AvgIpc) is 3.06. The van der Waals surface area contributed by atoms with E-state index in [0.29, 0.717) is 55.3 Å². The fourth-order valence-corrected chi connectivity index (χ4v) is 3.95. The molecule has 1 fully saturated rings. The van der Waals surface area contributed by atoms with E-state index in [9.17, 15) is 9.59 Å². The molecule has 0 saturated carbocycles. The maximum absolute atomic E-state index is 13.0. The number of aryl methyl sites for hydroxylation is 2. The molecule has 2 aromatic heterocycles. The summed E-state index contributed by atoms with van der Waals surface area (Å²) >= 11 is 0. The lowest BCUT2D eigenvalue weighted by atomic mass is 10.1. The van der Waals surface area contributed by atoms with Crippen LogP contribution in [0.4, 0.5) is 5.95 Å². The van der Waals surface area contributed by atoms with Crippen LogP contribution in [0.15, 0.2) is 29.1 Å². The second-order valence-electron chi connectivity index (χ2n) is 7.38. The number of aromatic nitrogens is 4. The molecule has 0 aliphatic carbocycles. The summed E-state index contributed by atoms with van der Waals surface area (Å²) in [5.74, 6) is 1.36. The second-order valence-corrected chi connectivity index (χ2v) is 7.38. The monoisotopic (exact) mass is 410 g/mol. The van der Waals surface area contributed by atoms with Gasteiger partial charge in [0.1, 0.15) is 11.3 Å². The molecule has 30 heavy (non-hydrogen) atoms. The van der Waals surface area contributed by atoms with Gasteiger partial charge in [0.2, 0.25) is 5.95 Å². The van der Waals surface area contributed by atoms with Crippen LogP contribution in [0.2, 0.25) is 0 Å². The quantitative estimate of drug-likeness (QED) is 0.647.